The molecule has 0 saturated carbocycles. The molecular weight excluding hydrogens is 269 g/mol. The number of hydrogen-bond donors (Lipinski definition) is 1. The predicted octanol–water partition coefficient (Wildman–Crippen LogP) is 3.50. The Kier molecular flexibility index (Phi) is 3.99. The molecule has 2 aromatic rings. The maximum atomic E-state index is 13.7. The number of benzene rings is 2. The number of hydrogen-bond acceptors (Lipinski definition) is 2. The zero-order chi connectivity index (χ0) is 14.9. The number of rotatable bonds is 3. The van der Waals surface area contributed by atoms with Crippen LogP contribution in [-0.2, 0) is 0 Å². The average Bonchev–Trinajstić information content (AvgIpc) is 2.42. The Morgan fingerprint density at radius 3 is 2.35 bits per heavy atom. The summed E-state index contributed by atoms with van der Waals surface area (Å²) in [4.78, 5) is 0. The summed E-state index contributed by atoms with van der Waals surface area (Å²) >= 11 is 0. The van der Waals surface area contributed by atoms with Crippen molar-refractivity contribution in [2.24, 2.45) is 0 Å². The molecule has 0 heterocycles. The van der Waals surface area contributed by atoms with Gasteiger partial charge in [0, 0.05) is 11.6 Å². The van der Waals surface area contributed by atoms with Gasteiger partial charge in [0.05, 0.1) is 7.11 Å². The molecule has 1 atom stereocenters. The van der Waals surface area contributed by atoms with Gasteiger partial charge in [0.1, 0.15) is 17.7 Å². The zero-order valence-electron chi connectivity index (χ0n) is 11.0. The maximum Gasteiger partial charge on any atom is 0.165 e. The first-order valence-corrected chi connectivity index (χ1v) is 5.91. The lowest BCUT2D eigenvalue weighted by atomic mass is 9.99. The molecule has 2 aromatic carbocycles. The Morgan fingerprint density at radius 1 is 1.00 bits per heavy atom. The second-order valence-corrected chi connectivity index (χ2v) is 4.42. The van der Waals surface area contributed by atoms with Gasteiger partial charge in [-0.25, -0.2) is 13.2 Å². The van der Waals surface area contributed by atoms with Crippen LogP contribution in [0.25, 0.3) is 0 Å². The maximum absolute atomic E-state index is 13.7. The van der Waals surface area contributed by atoms with Gasteiger partial charge in [-0.05, 0) is 36.2 Å². The molecule has 2 rings (SSSR count). The molecule has 0 spiro atoms. The van der Waals surface area contributed by atoms with Gasteiger partial charge in [0.25, 0.3) is 0 Å². The van der Waals surface area contributed by atoms with Crippen molar-refractivity contribution in [2.75, 3.05) is 7.11 Å². The van der Waals surface area contributed by atoms with Crippen LogP contribution >= 0.6 is 0 Å². The molecule has 0 aromatic heterocycles. The minimum Gasteiger partial charge on any atom is -0.494 e. The smallest absolute Gasteiger partial charge is 0.165 e. The van der Waals surface area contributed by atoms with Crippen LogP contribution in [0.2, 0.25) is 0 Å². The third kappa shape index (κ3) is 2.63. The Hall–Kier alpha value is -2.01. The van der Waals surface area contributed by atoms with E-state index in [9.17, 15) is 18.3 Å². The van der Waals surface area contributed by atoms with E-state index < -0.39 is 23.6 Å². The molecule has 0 amide bonds. The molecule has 0 fully saturated rings. The molecule has 1 N–H and O–H groups in total. The number of aryl methyl sites for hydroxylation is 1. The summed E-state index contributed by atoms with van der Waals surface area (Å²) in [6, 6.07) is 5.66. The largest absolute Gasteiger partial charge is 0.494 e. The van der Waals surface area contributed by atoms with Gasteiger partial charge < -0.3 is 9.84 Å². The Morgan fingerprint density at radius 2 is 1.70 bits per heavy atom. The standard InChI is InChI=1S/C15H13F3O2/c1-8-5-10(13(18)7-12(8)17)15(19)9-3-4-11(16)14(6-9)20-2/h3-7,15,19H,1-2H3. The van der Waals surface area contributed by atoms with Crippen molar-refractivity contribution < 1.29 is 23.0 Å². The molecule has 106 valence electrons. The van der Waals surface area contributed by atoms with Crippen LogP contribution in [0.1, 0.15) is 22.8 Å². The summed E-state index contributed by atoms with van der Waals surface area (Å²) in [5, 5.41) is 10.2. The highest BCUT2D eigenvalue weighted by Crippen LogP contribution is 2.29. The average molecular weight is 282 g/mol. The van der Waals surface area contributed by atoms with Gasteiger partial charge in [-0.3, -0.25) is 0 Å². The summed E-state index contributed by atoms with van der Waals surface area (Å²) in [5.74, 6) is -2.18. The zero-order valence-corrected chi connectivity index (χ0v) is 11.0. The van der Waals surface area contributed by atoms with Gasteiger partial charge in [0.2, 0.25) is 0 Å². The van der Waals surface area contributed by atoms with Crippen molar-refractivity contribution in [3.8, 4) is 5.75 Å². The van der Waals surface area contributed by atoms with Crippen molar-refractivity contribution in [1.29, 1.82) is 0 Å². The fourth-order valence-corrected chi connectivity index (χ4v) is 1.92. The first-order valence-electron chi connectivity index (χ1n) is 5.91. The molecule has 5 heteroatoms. The SMILES string of the molecule is COc1cc(C(O)c2cc(C)c(F)cc2F)ccc1F. The number of aliphatic hydroxyl groups excluding tert-OH is 1. The van der Waals surface area contributed by atoms with E-state index >= 15 is 0 Å². The van der Waals surface area contributed by atoms with Crippen molar-refractivity contribution in [2.45, 2.75) is 13.0 Å². The van der Waals surface area contributed by atoms with Crippen LogP contribution in [0.3, 0.4) is 0 Å². The van der Waals surface area contributed by atoms with Crippen molar-refractivity contribution in [3.63, 3.8) is 0 Å². The normalized spacial score (nSPS) is 12.3. The predicted molar refractivity (Wildman–Crippen MR) is 68.1 cm³/mol. The fraction of sp³-hybridized carbons (Fsp3) is 0.200. The van der Waals surface area contributed by atoms with Gasteiger partial charge in [-0.15, -0.1) is 0 Å². The van der Waals surface area contributed by atoms with Gasteiger partial charge >= 0.3 is 0 Å². The van der Waals surface area contributed by atoms with E-state index in [0.29, 0.717) is 6.07 Å². The van der Waals surface area contributed by atoms with Crippen LogP contribution in [0, 0.1) is 24.4 Å². The molecule has 2 nitrogen and oxygen atoms in total. The van der Waals surface area contributed by atoms with Crippen molar-refractivity contribution >= 4 is 0 Å². The summed E-state index contributed by atoms with van der Waals surface area (Å²) < 4.78 is 45.0. The van der Waals surface area contributed by atoms with E-state index in [2.05, 4.69) is 0 Å². The molecule has 0 radical (unpaired) electrons. The van der Waals surface area contributed by atoms with E-state index in [1.165, 1.54) is 32.2 Å². The summed E-state index contributed by atoms with van der Waals surface area (Å²) in [6.07, 6.45) is -1.33. The lowest BCUT2D eigenvalue weighted by molar-refractivity contribution is 0.214. The lowest BCUT2D eigenvalue weighted by Gasteiger charge is -2.15. The number of aliphatic hydroxyl groups is 1. The molecule has 0 saturated heterocycles. The Balaban J connectivity index is 2.46. The highest BCUT2D eigenvalue weighted by atomic mass is 19.1. The highest BCUT2D eigenvalue weighted by Gasteiger charge is 2.18. The van der Waals surface area contributed by atoms with E-state index in [0.717, 1.165) is 6.07 Å². The molecule has 1 unspecified atom stereocenters. The Bertz CT molecular complexity index is 641. The summed E-state index contributed by atoms with van der Waals surface area (Å²) in [7, 11) is 1.29. The molecule has 0 aliphatic rings. The van der Waals surface area contributed by atoms with Crippen LogP contribution in [0.4, 0.5) is 13.2 Å². The molecule has 0 bridgehead atoms. The number of ether oxygens (including phenoxy) is 1. The Labute approximate surface area is 114 Å². The van der Waals surface area contributed by atoms with Crippen molar-refractivity contribution in [1.82, 2.24) is 0 Å². The number of halogens is 3. The first kappa shape index (κ1) is 14.4. The van der Waals surface area contributed by atoms with Crippen LogP contribution in [0.15, 0.2) is 30.3 Å². The molecule has 0 aliphatic heterocycles. The second kappa shape index (κ2) is 5.54. The fourth-order valence-electron chi connectivity index (χ4n) is 1.92. The third-order valence-corrected chi connectivity index (χ3v) is 3.06. The van der Waals surface area contributed by atoms with E-state index in [-0.39, 0.29) is 22.4 Å². The van der Waals surface area contributed by atoms with Gasteiger partial charge in [-0.2, -0.15) is 0 Å². The van der Waals surface area contributed by atoms with Gasteiger partial charge in [-0.1, -0.05) is 6.07 Å². The monoisotopic (exact) mass is 282 g/mol. The second-order valence-electron chi connectivity index (χ2n) is 4.42. The highest BCUT2D eigenvalue weighted by molar-refractivity contribution is 5.38. The van der Waals surface area contributed by atoms with E-state index in [1.54, 1.807) is 0 Å². The van der Waals surface area contributed by atoms with E-state index in [4.69, 9.17) is 4.74 Å². The molecular formula is C15H13F3O2. The van der Waals surface area contributed by atoms with Crippen LogP contribution < -0.4 is 4.74 Å². The lowest BCUT2D eigenvalue weighted by Crippen LogP contribution is -2.05. The van der Waals surface area contributed by atoms with E-state index in [1.807, 2.05) is 0 Å². The minimum atomic E-state index is -1.33. The molecule has 20 heavy (non-hydrogen) atoms. The number of methoxy groups -OCH3 is 1. The quantitative estimate of drug-likeness (QED) is 0.933. The van der Waals surface area contributed by atoms with Gasteiger partial charge in [0.15, 0.2) is 11.6 Å². The van der Waals surface area contributed by atoms with Crippen molar-refractivity contribution in [3.05, 3.63) is 64.5 Å². The van der Waals surface area contributed by atoms with Crippen LogP contribution in [0.5, 0.6) is 5.75 Å². The minimum absolute atomic E-state index is 0.0548. The summed E-state index contributed by atoms with van der Waals surface area (Å²) in [5.41, 5.74) is 0.403. The summed E-state index contributed by atoms with van der Waals surface area (Å²) in [6.45, 7) is 1.47. The topological polar surface area (TPSA) is 29.5 Å². The van der Waals surface area contributed by atoms with Crippen LogP contribution in [-0.4, -0.2) is 12.2 Å². The third-order valence-electron chi connectivity index (χ3n) is 3.06. The molecule has 0 aliphatic carbocycles. The first-order chi connectivity index (χ1) is 9.43.